The summed E-state index contributed by atoms with van der Waals surface area (Å²) in [7, 11) is 0. The van der Waals surface area contributed by atoms with Crippen LogP contribution in [0.2, 0.25) is 0 Å². The van der Waals surface area contributed by atoms with Crippen LogP contribution in [0.1, 0.15) is 36.5 Å². The van der Waals surface area contributed by atoms with Crippen LogP contribution in [-0.2, 0) is 19.4 Å². The third-order valence-electron chi connectivity index (χ3n) is 7.26. The van der Waals surface area contributed by atoms with E-state index in [1.165, 1.54) is 50.2 Å². The number of halogens is 1. The molecule has 0 radical (unpaired) electrons. The minimum absolute atomic E-state index is 0. The molecule has 5 aromatic rings. The Morgan fingerprint density at radius 3 is 2.26 bits per heavy atom. The van der Waals surface area contributed by atoms with Crippen molar-refractivity contribution in [1.82, 2.24) is 19.7 Å². The van der Waals surface area contributed by atoms with Gasteiger partial charge in [-0.15, -0.1) is 12.4 Å². The van der Waals surface area contributed by atoms with E-state index in [-0.39, 0.29) is 12.4 Å². The van der Waals surface area contributed by atoms with Crippen LogP contribution in [0, 0.1) is 0 Å². The molecule has 0 fully saturated rings. The van der Waals surface area contributed by atoms with Crippen LogP contribution < -0.4 is 10.4 Å². The predicted molar refractivity (Wildman–Crippen MR) is 157 cm³/mol. The average molecular weight is 519 g/mol. The Bertz CT molecular complexity index is 1630. The molecular formula is C33H31ClN4. The highest BCUT2D eigenvalue weighted by molar-refractivity contribution is 5.85. The normalized spacial score (nSPS) is 13.0. The van der Waals surface area contributed by atoms with E-state index in [0.29, 0.717) is 0 Å². The van der Waals surface area contributed by atoms with Crippen LogP contribution in [0.3, 0.4) is 0 Å². The van der Waals surface area contributed by atoms with Gasteiger partial charge < -0.3 is 0 Å². The van der Waals surface area contributed by atoms with Crippen LogP contribution in [0.15, 0.2) is 97.6 Å². The summed E-state index contributed by atoms with van der Waals surface area (Å²) in [6.07, 6.45) is 12.3. The number of aryl methyl sites for hydroxylation is 2. The van der Waals surface area contributed by atoms with Gasteiger partial charge >= 0.3 is 0 Å². The minimum Gasteiger partial charge on any atom is -0.265 e. The molecule has 2 aliphatic carbocycles. The Morgan fingerprint density at radius 2 is 1.55 bits per heavy atom. The van der Waals surface area contributed by atoms with Gasteiger partial charge in [0.05, 0.1) is 0 Å². The van der Waals surface area contributed by atoms with E-state index >= 15 is 0 Å². The molecule has 3 aromatic carbocycles. The molecule has 0 aliphatic heterocycles. The zero-order valence-corrected chi connectivity index (χ0v) is 22.4. The lowest BCUT2D eigenvalue weighted by atomic mass is 9.83. The minimum atomic E-state index is 0. The average Bonchev–Trinajstić information content (AvgIpc) is 3.47. The first-order valence-electron chi connectivity index (χ1n) is 13.1. The van der Waals surface area contributed by atoms with Crippen LogP contribution in [0.4, 0.5) is 0 Å². The zero-order valence-electron chi connectivity index (χ0n) is 21.5. The molecule has 5 heteroatoms. The molecule has 0 atom stereocenters. The van der Waals surface area contributed by atoms with E-state index in [9.17, 15) is 0 Å². The Labute approximate surface area is 229 Å². The molecule has 190 valence electrons. The number of hydrogen-bond acceptors (Lipinski definition) is 3. The molecule has 0 unspecified atom stereocenters. The van der Waals surface area contributed by atoms with Gasteiger partial charge in [0.2, 0.25) is 0 Å². The van der Waals surface area contributed by atoms with Crippen molar-refractivity contribution in [3.8, 4) is 22.5 Å². The second kappa shape index (κ2) is 11.6. The van der Waals surface area contributed by atoms with Crippen molar-refractivity contribution in [2.24, 2.45) is 0 Å². The Balaban J connectivity index is 0.000000373. The maximum Gasteiger partial charge on any atom is 0.181 e. The second-order valence-corrected chi connectivity index (χ2v) is 9.48. The number of nitrogens with zero attached hydrogens (tertiary/aromatic N) is 4. The van der Waals surface area contributed by atoms with Crippen LogP contribution >= 0.6 is 12.4 Å². The van der Waals surface area contributed by atoms with Crippen LogP contribution in [-0.4, -0.2) is 19.7 Å². The third-order valence-corrected chi connectivity index (χ3v) is 7.26. The highest BCUT2D eigenvalue weighted by atomic mass is 35.5. The molecule has 0 amide bonds. The van der Waals surface area contributed by atoms with Crippen molar-refractivity contribution in [3.63, 3.8) is 0 Å². The molecule has 2 aliphatic rings. The maximum absolute atomic E-state index is 4.55. The Kier molecular flexibility index (Phi) is 7.81. The number of rotatable bonds is 3. The Hall–Kier alpha value is -4.02. The van der Waals surface area contributed by atoms with Gasteiger partial charge in [0.25, 0.3) is 0 Å². The van der Waals surface area contributed by atoms with Crippen molar-refractivity contribution in [2.45, 2.75) is 39.2 Å². The van der Waals surface area contributed by atoms with Crippen LogP contribution in [0.25, 0.3) is 34.2 Å². The lowest BCUT2D eigenvalue weighted by molar-refractivity contribution is 0.659. The van der Waals surface area contributed by atoms with Gasteiger partial charge in [-0.05, 0) is 88.6 Å². The molecule has 38 heavy (non-hydrogen) atoms. The summed E-state index contributed by atoms with van der Waals surface area (Å²) >= 11 is 0. The van der Waals surface area contributed by atoms with E-state index < -0.39 is 0 Å². The molecule has 0 N–H and O–H groups in total. The number of fused-ring (bicyclic) bond motifs is 5. The first kappa shape index (κ1) is 25.6. The topological polar surface area (TPSA) is 43.6 Å². The largest absolute Gasteiger partial charge is 0.265 e. The standard InChI is InChI=1S/C28H25N3.C5H5N.ClH/c1-2-31-18-29-28(30-31)22-12-10-20(11-13-22)24-9-5-7-21-15-16-25-23-8-4-3-6-19(23)14-17-26(25)27(21)24;1-2-4-6-5-3-1;/h3-4,6,8,10-13,15-18H,2,5,7,9,14H2,1H3;1-5H;1H. The second-order valence-electron chi connectivity index (χ2n) is 9.48. The number of aromatic nitrogens is 4. The van der Waals surface area contributed by atoms with Gasteiger partial charge in [0, 0.05) is 24.5 Å². The molecule has 0 saturated carbocycles. The van der Waals surface area contributed by atoms with Crippen molar-refractivity contribution in [3.05, 3.63) is 125 Å². The van der Waals surface area contributed by atoms with Crippen molar-refractivity contribution >= 4 is 24.1 Å². The molecule has 0 spiro atoms. The van der Waals surface area contributed by atoms with Gasteiger partial charge in [0.15, 0.2) is 5.82 Å². The van der Waals surface area contributed by atoms with Crippen molar-refractivity contribution in [1.29, 1.82) is 0 Å². The SMILES string of the molecule is CCn1cnc(-c2ccc(C3=c4c(ccc5c4=CCc4ccccc4-5)CCC3)cc2)n1.Cl.c1ccncc1. The van der Waals surface area contributed by atoms with E-state index in [4.69, 9.17) is 0 Å². The zero-order chi connectivity index (χ0) is 25.0. The number of benzene rings is 3. The van der Waals surface area contributed by atoms with Gasteiger partial charge in [-0.25, -0.2) is 4.98 Å². The number of pyridine rings is 1. The number of hydrogen-bond donors (Lipinski definition) is 0. The van der Waals surface area contributed by atoms with E-state index in [1.807, 2.05) is 22.9 Å². The van der Waals surface area contributed by atoms with E-state index in [1.54, 1.807) is 18.7 Å². The quantitative estimate of drug-likeness (QED) is 0.294. The highest BCUT2D eigenvalue weighted by Crippen LogP contribution is 2.28. The lowest BCUT2D eigenvalue weighted by Crippen LogP contribution is -2.36. The molecular weight excluding hydrogens is 488 g/mol. The first-order chi connectivity index (χ1) is 18.3. The molecule has 2 heterocycles. The predicted octanol–water partition coefficient (Wildman–Crippen LogP) is 6.01. The highest BCUT2D eigenvalue weighted by Gasteiger charge is 2.18. The lowest BCUT2D eigenvalue weighted by Gasteiger charge is -2.21. The maximum atomic E-state index is 4.55. The van der Waals surface area contributed by atoms with E-state index in [2.05, 4.69) is 88.7 Å². The smallest absolute Gasteiger partial charge is 0.181 e. The fourth-order valence-corrected chi connectivity index (χ4v) is 5.43. The van der Waals surface area contributed by atoms with Crippen LogP contribution in [0.5, 0.6) is 0 Å². The summed E-state index contributed by atoms with van der Waals surface area (Å²) in [5.41, 5.74) is 9.56. The summed E-state index contributed by atoms with van der Waals surface area (Å²) in [6, 6.07) is 28.1. The van der Waals surface area contributed by atoms with E-state index in [0.717, 1.165) is 37.2 Å². The van der Waals surface area contributed by atoms with Gasteiger partial charge in [-0.1, -0.05) is 72.8 Å². The fourth-order valence-electron chi connectivity index (χ4n) is 5.43. The molecule has 7 rings (SSSR count). The summed E-state index contributed by atoms with van der Waals surface area (Å²) < 4.78 is 1.87. The first-order valence-corrected chi connectivity index (χ1v) is 13.1. The molecule has 0 bridgehead atoms. The summed E-state index contributed by atoms with van der Waals surface area (Å²) in [4.78, 5) is 8.24. The summed E-state index contributed by atoms with van der Waals surface area (Å²) in [6.45, 7) is 2.92. The van der Waals surface area contributed by atoms with Gasteiger partial charge in [-0.3, -0.25) is 9.67 Å². The molecule has 4 nitrogen and oxygen atoms in total. The molecule has 2 aromatic heterocycles. The summed E-state index contributed by atoms with van der Waals surface area (Å²) in [5, 5.41) is 7.45. The van der Waals surface area contributed by atoms with Crippen molar-refractivity contribution in [2.75, 3.05) is 0 Å². The van der Waals surface area contributed by atoms with Gasteiger partial charge in [0.1, 0.15) is 6.33 Å². The third kappa shape index (κ3) is 5.05. The summed E-state index contributed by atoms with van der Waals surface area (Å²) in [5.74, 6) is 0.796. The molecule has 0 saturated heterocycles. The fraction of sp³-hybridized carbons (Fsp3) is 0.182. The van der Waals surface area contributed by atoms with Gasteiger partial charge in [-0.2, -0.15) is 5.10 Å². The Morgan fingerprint density at radius 1 is 0.763 bits per heavy atom. The van der Waals surface area contributed by atoms with Crippen molar-refractivity contribution < 1.29 is 0 Å². The monoisotopic (exact) mass is 518 g/mol.